The van der Waals surface area contributed by atoms with Gasteiger partial charge in [0.15, 0.2) is 9.84 Å². The van der Waals surface area contributed by atoms with Crippen LogP contribution in [-0.2, 0) is 16.4 Å². The Bertz CT molecular complexity index is 842. The number of hydrogen-bond acceptors (Lipinski definition) is 6. The van der Waals surface area contributed by atoms with E-state index in [0.29, 0.717) is 32.0 Å². The van der Waals surface area contributed by atoms with E-state index in [4.69, 9.17) is 4.74 Å². The molecule has 2 aromatic rings. The van der Waals surface area contributed by atoms with E-state index in [-0.39, 0.29) is 11.7 Å². The van der Waals surface area contributed by atoms with Crippen LogP contribution in [-0.4, -0.2) is 48.5 Å². The van der Waals surface area contributed by atoms with Crippen molar-refractivity contribution < 1.29 is 13.2 Å². The lowest BCUT2D eigenvalue weighted by Gasteiger charge is -2.49. The first kappa shape index (κ1) is 17.0. The number of rotatable bonds is 5. The predicted octanol–water partition coefficient (Wildman–Crippen LogP) is 2.52. The summed E-state index contributed by atoms with van der Waals surface area (Å²) in [5.74, 6) is 0.877. The lowest BCUT2D eigenvalue weighted by atomic mass is 9.83. The van der Waals surface area contributed by atoms with Gasteiger partial charge in [-0.3, -0.25) is 4.90 Å². The molecule has 0 bridgehead atoms. The Kier molecular flexibility index (Phi) is 4.33. The lowest BCUT2D eigenvalue weighted by molar-refractivity contribution is 0.0588. The van der Waals surface area contributed by atoms with Crippen LogP contribution in [0.2, 0.25) is 0 Å². The highest BCUT2D eigenvalue weighted by Gasteiger charge is 2.61. The van der Waals surface area contributed by atoms with Gasteiger partial charge in [-0.25, -0.2) is 13.4 Å². The molecule has 0 saturated carbocycles. The summed E-state index contributed by atoms with van der Waals surface area (Å²) in [4.78, 5) is 7.73. The first-order valence-electron chi connectivity index (χ1n) is 8.52. The van der Waals surface area contributed by atoms with Crippen LogP contribution in [0, 0.1) is 12.8 Å². The summed E-state index contributed by atoms with van der Waals surface area (Å²) in [6.45, 7) is 4.60. The molecule has 0 radical (unpaired) electrons. The molecule has 0 aromatic carbocycles. The zero-order valence-corrected chi connectivity index (χ0v) is 15.9. The monoisotopic (exact) mass is 378 g/mol. The van der Waals surface area contributed by atoms with Gasteiger partial charge in [0, 0.05) is 42.7 Å². The number of thiophene rings is 1. The fraction of sp³-hybridized carbons (Fsp3) is 0.500. The molecule has 25 heavy (non-hydrogen) atoms. The molecule has 1 spiro atoms. The van der Waals surface area contributed by atoms with Crippen molar-refractivity contribution in [3.05, 3.63) is 46.3 Å². The van der Waals surface area contributed by atoms with E-state index in [1.165, 1.54) is 10.4 Å². The summed E-state index contributed by atoms with van der Waals surface area (Å²) in [6, 6.07) is 7.64. The quantitative estimate of drug-likeness (QED) is 0.800. The van der Waals surface area contributed by atoms with Crippen LogP contribution in [0.15, 0.2) is 35.8 Å². The molecular weight excluding hydrogens is 356 g/mol. The maximum atomic E-state index is 12.7. The van der Waals surface area contributed by atoms with E-state index in [1.807, 2.05) is 18.2 Å². The highest BCUT2D eigenvalue weighted by Crippen LogP contribution is 2.45. The van der Waals surface area contributed by atoms with Gasteiger partial charge in [0.2, 0.25) is 5.88 Å². The van der Waals surface area contributed by atoms with E-state index < -0.39 is 14.6 Å². The largest absolute Gasteiger partial charge is 0.477 e. The van der Waals surface area contributed by atoms with Crippen molar-refractivity contribution in [1.82, 2.24) is 9.88 Å². The van der Waals surface area contributed by atoms with Crippen LogP contribution in [0.3, 0.4) is 0 Å². The smallest absolute Gasteiger partial charge is 0.213 e. The maximum absolute atomic E-state index is 12.7. The topological polar surface area (TPSA) is 59.5 Å². The summed E-state index contributed by atoms with van der Waals surface area (Å²) >= 11 is 1.74. The number of aryl methyl sites for hydroxylation is 1. The highest BCUT2D eigenvalue weighted by atomic mass is 32.2. The summed E-state index contributed by atoms with van der Waals surface area (Å²) in [6.07, 6.45) is 2.37. The van der Waals surface area contributed by atoms with Crippen molar-refractivity contribution in [3.8, 4) is 5.88 Å². The van der Waals surface area contributed by atoms with Gasteiger partial charge in [-0.15, -0.1) is 11.3 Å². The Morgan fingerprint density at radius 1 is 1.36 bits per heavy atom. The van der Waals surface area contributed by atoms with Crippen LogP contribution in [0.25, 0.3) is 0 Å². The fourth-order valence-corrected chi connectivity index (χ4v) is 7.32. The summed E-state index contributed by atoms with van der Waals surface area (Å²) in [5, 5.41) is 2.09. The molecule has 2 aromatic heterocycles. The van der Waals surface area contributed by atoms with Gasteiger partial charge in [0.1, 0.15) is 4.75 Å². The molecular formula is C18H22N2O3S2. The number of pyridine rings is 1. The van der Waals surface area contributed by atoms with Crippen molar-refractivity contribution in [2.45, 2.75) is 24.6 Å². The van der Waals surface area contributed by atoms with Crippen LogP contribution in [0.5, 0.6) is 5.88 Å². The number of aromatic nitrogens is 1. The van der Waals surface area contributed by atoms with Gasteiger partial charge < -0.3 is 4.74 Å². The molecule has 5 nitrogen and oxygen atoms in total. The number of likely N-dealkylation sites (tertiary alicyclic amines) is 1. The Balaban J connectivity index is 1.44. The molecule has 0 N–H and O–H groups in total. The fourth-order valence-electron chi connectivity index (χ4n) is 3.92. The zero-order chi connectivity index (χ0) is 17.5. The van der Waals surface area contributed by atoms with Crippen LogP contribution in [0.1, 0.15) is 16.9 Å². The van der Waals surface area contributed by atoms with Gasteiger partial charge >= 0.3 is 0 Å². The molecule has 2 aliphatic heterocycles. The molecule has 4 heterocycles. The zero-order valence-electron chi connectivity index (χ0n) is 14.2. The van der Waals surface area contributed by atoms with Crippen LogP contribution < -0.4 is 4.74 Å². The Morgan fingerprint density at radius 3 is 2.88 bits per heavy atom. The third-order valence-electron chi connectivity index (χ3n) is 5.49. The number of hydrogen-bond donors (Lipinski definition) is 0. The first-order valence-corrected chi connectivity index (χ1v) is 11.0. The molecule has 1 atom stereocenters. The summed E-state index contributed by atoms with van der Waals surface area (Å²) in [5.41, 5.74) is 1.29. The van der Waals surface area contributed by atoms with E-state index in [1.54, 1.807) is 17.5 Å². The predicted molar refractivity (Wildman–Crippen MR) is 98.7 cm³/mol. The Hall–Kier alpha value is -1.44. The second-order valence-corrected chi connectivity index (χ2v) is 10.5. The molecule has 4 rings (SSSR count). The van der Waals surface area contributed by atoms with Gasteiger partial charge in [-0.1, -0.05) is 6.07 Å². The first-order chi connectivity index (χ1) is 12.0. The molecule has 2 fully saturated rings. The minimum atomic E-state index is -3.06. The third kappa shape index (κ3) is 2.98. The van der Waals surface area contributed by atoms with Gasteiger partial charge in [0.05, 0.1) is 12.4 Å². The van der Waals surface area contributed by atoms with Crippen molar-refractivity contribution >= 4 is 21.2 Å². The summed E-state index contributed by atoms with van der Waals surface area (Å²) in [7, 11) is -3.06. The van der Waals surface area contributed by atoms with E-state index in [0.717, 1.165) is 6.54 Å². The molecule has 0 aliphatic carbocycles. The normalized spacial score (nSPS) is 24.3. The van der Waals surface area contributed by atoms with E-state index in [2.05, 4.69) is 28.3 Å². The highest BCUT2D eigenvalue weighted by molar-refractivity contribution is 7.93. The average Bonchev–Trinajstić information content (AvgIpc) is 3.08. The Morgan fingerprint density at radius 2 is 2.20 bits per heavy atom. The van der Waals surface area contributed by atoms with Crippen molar-refractivity contribution in [2.75, 3.05) is 25.4 Å². The minimum absolute atomic E-state index is 0.0418. The SMILES string of the molecule is Cc1ccsc1CN1CC2(C1)[C@@H](COc1ccccn1)CCS2(=O)=O. The standard InChI is InChI=1S/C18H22N2O3S2/c1-14-5-8-24-16(14)10-20-12-18(13-20)15(6-9-25(18,21)22)11-23-17-4-2-3-7-19-17/h2-5,7-8,15H,6,9-13H2,1H3/t15-/m1/s1. The third-order valence-corrected chi connectivity index (χ3v) is 9.10. The second-order valence-electron chi connectivity index (χ2n) is 7.02. The van der Waals surface area contributed by atoms with Gasteiger partial charge in [0.25, 0.3) is 0 Å². The van der Waals surface area contributed by atoms with Gasteiger partial charge in [-0.2, -0.15) is 0 Å². The summed E-state index contributed by atoms with van der Waals surface area (Å²) < 4.78 is 30.6. The van der Waals surface area contributed by atoms with E-state index >= 15 is 0 Å². The Labute approximate surface area is 152 Å². The van der Waals surface area contributed by atoms with Crippen molar-refractivity contribution in [1.29, 1.82) is 0 Å². The van der Waals surface area contributed by atoms with Crippen LogP contribution in [0.4, 0.5) is 0 Å². The van der Waals surface area contributed by atoms with Crippen molar-refractivity contribution in [3.63, 3.8) is 0 Å². The average molecular weight is 379 g/mol. The molecule has 7 heteroatoms. The molecule has 0 amide bonds. The van der Waals surface area contributed by atoms with Gasteiger partial charge in [-0.05, 0) is 36.4 Å². The minimum Gasteiger partial charge on any atom is -0.477 e. The van der Waals surface area contributed by atoms with E-state index in [9.17, 15) is 8.42 Å². The molecule has 134 valence electrons. The van der Waals surface area contributed by atoms with Crippen LogP contribution >= 0.6 is 11.3 Å². The number of ether oxygens (including phenoxy) is 1. The molecule has 2 saturated heterocycles. The number of sulfone groups is 1. The maximum Gasteiger partial charge on any atom is 0.213 e. The molecule has 0 unspecified atom stereocenters. The number of nitrogens with zero attached hydrogens (tertiary/aromatic N) is 2. The molecule has 2 aliphatic rings. The second kappa shape index (κ2) is 6.37. The lowest BCUT2D eigenvalue weighted by Crippen LogP contribution is -2.67. The van der Waals surface area contributed by atoms with Crippen molar-refractivity contribution in [2.24, 2.45) is 5.92 Å².